The van der Waals surface area contributed by atoms with Gasteiger partial charge >= 0.3 is 6.03 Å². The van der Waals surface area contributed by atoms with Crippen molar-refractivity contribution in [1.29, 1.82) is 0 Å². The minimum Gasteiger partial charge on any atom is -0.368 e. The summed E-state index contributed by atoms with van der Waals surface area (Å²) in [5, 5.41) is 5.85. The highest BCUT2D eigenvalue weighted by Crippen LogP contribution is 2.30. The van der Waals surface area contributed by atoms with Crippen LogP contribution in [0.4, 0.5) is 4.79 Å². The summed E-state index contributed by atoms with van der Waals surface area (Å²) >= 11 is 0. The van der Waals surface area contributed by atoms with Crippen LogP contribution in [0.25, 0.3) is 0 Å². The molecule has 1 aromatic carbocycles. The van der Waals surface area contributed by atoms with Gasteiger partial charge in [-0.05, 0) is 48.6 Å². The number of urea groups is 1. The Morgan fingerprint density at radius 1 is 1.12 bits per heavy atom. The van der Waals surface area contributed by atoms with Gasteiger partial charge in [0.1, 0.15) is 5.54 Å². The maximum absolute atomic E-state index is 12.7. The Kier molecular flexibility index (Phi) is 5.21. The first-order valence-corrected chi connectivity index (χ1v) is 8.86. The van der Waals surface area contributed by atoms with E-state index in [1.165, 1.54) is 0 Å². The molecule has 3 amide bonds. The van der Waals surface area contributed by atoms with Crippen LogP contribution < -0.4 is 16.4 Å². The van der Waals surface area contributed by atoms with Crippen LogP contribution in [0.5, 0.6) is 0 Å². The van der Waals surface area contributed by atoms with Gasteiger partial charge in [-0.15, -0.1) is 0 Å². The molecule has 0 spiro atoms. The molecule has 1 heterocycles. The van der Waals surface area contributed by atoms with E-state index in [1.807, 2.05) is 43.3 Å². The van der Waals surface area contributed by atoms with Crippen LogP contribution in [0.3, 0.4) is 0 Å². The van der Waals surface area contributed by atoms with Gasteiger partial charge in [0.05, 0.1) is 6.04 Å². The van der Waals surface area contributed by atoms with Crippen molar-refractivity contribution in [3.8, 4) is 0 Å². The third-order valence-electron chi connectivity index (χ3n) is 5.10. The summed E-state index contributed by atoms with van der Waals surface area (Å²) in [5.74, 6) is -0.471. The van der Waals surface area contributed by atoms with Crippen LogP contribution in [-0.4, -0.2) is 22.5 Å². The quantitative estimate of drug-likeness (QED) is 0.771. The molecule has 1 fully saturated rings. The molecule has 1 aliphatic rings. The lowest BCUT2D eigenvalue weighted by Crippen LogP contribution is -2.58. The summed E-state index contributed by atoms with van der Waals surface area (Å²) in [6.07, 6.45) is 6.33. The fourth-order valence-corrected chi connectivity index (χ4v) is 3.60. The number of pyridine rings is 1. The summed E-state index contributed by atoms with van der Waals surface area (Å²) in [4.78, 5) is 28.7. The highest BCUT2D eigenvalue weighted by Gasteiger charge is 2.41. The SMILES string of the molecule is Cc1ccccc1[C@@H](NC(=O)NC1(C(N)=O)CCCC1)c1ccncc1. The second-order valence-corrected chi connectivity index (χ2v) is 6.82. The van der Waals surface area contributed by atoms with Crippen molar-refractivity contribution >= 4 is 11.9 Å². The molecule has 1 atom stereocenters. The van der Waals surface area contributed by atoms with Crippen molar-refractivity contribution in [2.75, 3.05) is 0 Å². The Labute approximate surface area is 153 Å². The number of hydrogen-bond acceptors (Lipinski definition) is 3. The van der Waals surface area contributed by atoms with Gasteiger partial charge in [-0.1, -0.05) is 37.1 Å². The van der Waals surface area contributed by atoms with Gasteiger partial charge in [0.25, 0.3) is 0 Å². The van der Waals surface area contributed by atoms with Crippen LogP contribution in [-0.2, 0) is 4.79 Å². The molecule has 6 heteroatoms. The summed E-state index contributed by atoms with van der Waals surface area (Å²) in [6.45, 7) is 2.00. The number of nitrogens with one attached hydrogen (secondary N) is 2. The average molecular weight is 352 g/mol. The molecule has 6 nitrogen and oxygen atoms in total. The monoisotopic (exact) mass is 352 g/mol. The topological polar surface area (TPSA) is 97.1 Å². The van der Waals surface area contributed by atoms with Gasteiger partial charge in [-0.25, -0.2) is 4.79 Å². The van der Waals surface area contributed by atoms with E-state index in [1.54, 1.807) is 12.4 Å². The molecule has 26 heavy (non-hydrogen) atoms. The lowest BCUT2D eigenvalue weighted by atomic mass is 9.95. The van der Waals surface area contributed by atoms with Gasteiger partial charge in [-0.2, -0.15) is 0 Å². The van der Waals surface area contributed by atoms with Crippen molar-refractivity contribution < 1.29 is 9.59 Å². The van der Waals surface area contributed by atoms with Crippen molar-refractivity contribution in [1.82, 2.24) is 15.6 Å². The predicted molar refractivity (Wildman–Crippen MR) is 99.3 cm³/mol. The maximum atomic E-state index is 12.7. The fourth-order valence-electron chi connectivity index (χ4n) is 3.60. The lowest BCUT2D eigenvalue weighted by Gasteiger charge is -2.29. The highest BCUT2D eigenvalue weighted by atomic mass is 16.2. The van der Waals surface area contributed by atoms with Crippen molar-refractivity contribution in [3.63, 3.8) is 0 Å². The minimum atomic E-state index is -0.946. The first-order chi connectivity index (χ1) is 12.5. The molecule has 2 aromatic rings. The number of nitrogens with two attached hydrogens (primary N) is 1. The number of nitrogens with zero attached hydrogens (tertiary/aromatic N) is 1. The van der Waals surface area contributed by atoms with Crippen LogP contribution >= 0.6 is 0 Å². The van der Waals surface area contributed by atoms with Crippen LogP contribution in [0.2, 0.25) is 0 Å². The third-order valence-corrected chi connectivity index (χ3v) is 5.10. The number of amides is 3. The fraction of sp³-hybridized carbons (Fsp3) is 0.350. The Morgan fingerprint density at radius 3 is 2.38 bits per heavy atom. The Balaban J connectivity index is 1.85. The number of primary amides is 1. The zero-order chi connectivity index (χ0) is 18.6. The molecule has 4 N–H and O–H groups in total. The largest absolute Gasteiger partial charge is 0.368 e. The van der Waals surface area contributed by atoms with Crippen molar-refractivity contribution in [3.05, 3.63) is 65.5 Å². The summed E-state index contributed by atoms with van der Waals surface area (Å²) in [5.41, 5.74) is 7.61. The minimum absolute atomic E-state index is 0.342. The van der Waals surface area contributed by atoms with Crippen molar-refractivity contribution in [2.24, 2.45) is 5.73 Å². The third kappa shape index (κ3) is 3.69. The second kappa shape index (κ2) is 7.56. The zero-order valence-corrected chi connectivity index (χ0v) is 14.9. The molecule has 0 radical (unpaired) electrons. The Morgan fingerprint density at radius 2 is 1.77 bits per heavy atom. The number of carbonyl (C=O) groups is 2. The predicted octanol–water partition coefficient (Wildman–Crippen LogP) is 2.58. The number of rotatable bonds is 5. The molecular weight excluding hydrogens is 328 g/mol. The smallest absolute Gasteiger partial charge is 0.316 e. The molecule has 1 saturated carbocycles. The molecule has 136 valence electrons. The molecule has 0 saturated heterocycles. The van der Waals surface area contributed by atoms with E-state index < -0.39 is 17.5 Å². The average Bonchev–Trinajstić information content (AvgIpc) is 3.11. The first-order valence-electron chi connectivity index (χ1n) is 8.86. The van der Waals surface area contributed by atoms with Gasteiger partial charge in [-0.3, -0.25) is 9.78 Å². The summed E-state index contributed by atoms with van der Waals surface area (Å²) in [6, 6.07) is 10.9. The van der Waals surface area contributed by atoms with E-state index in [0.29, 0.717) is 12.8 Å². The first kappa shape index (κ1) is 17.9. The van der Waals surface area contributed by atoms with Gasteiger partial charge in [0.2, 0.25) is 5.91 Å². The lowest BCUT2D eigenvalue weighted by molar-refractivity contribution is -0.123. The molecule has 1 aliphatic carbocycles. The zero-order valence-electron chi connectivity index (χ0n) is 14.9. The van der Waals surface area contributed by atoms with E-state index in [-0.39, 0.29) is 6.04 Å². The molecule has 1 aromatic heterocycles. The van der Waals surface area contributed by atoms with Gasteiger partial charge in [0, 0.05) is 12.4 Å². The molecule has 0 aliphatic heterocycles. The van der Waals surface area contributed by atoms with Crippen molar-refractivity contribution in [2.45, 2.75) is 44.2 Å². The normalized spacial score (nSPS) is 16.7. The van der Waals surface area contributed by atoms with Gasteiger partial charge in [0.15, 0.2) is 0 Å². The molecule has 0 bridgehead atoms. The summed E-state index contributed by atoms with van der Waals surface area (Å²) < 4.78 is 0. The number of aromatic nitrogens is 1. The van der Waals surface area contributed by atoms with Crippen LogP contribution in [0.15, 0.2) is 48.8 Å². The molecule has 0 unspecified atom stereocenters. The maximum Gasteiger partial charge on any atom is 0.316 e. The van der Waals surface area contributed by atoms with Crippen LogP contribution in [0.1, 0.15) is 48.4 Å². The second-order valence-electron chi connectivity index (χ2n) is 6.82. The van der Waals surface area contributed by atoms with Gasteiger partial charge < -0.3 is 16.4 Å². The molecular formula is C20H24N4O2. The van der Waals surface area contributed by atoms with Crippen LogP contribution in [0, 0.1) is 6.92 Å². The van der Waals surface area contributed by atoms with E-state index >= 15 is 0 Å². The van der Waals surface area contributed by atoms with E-state index in [9.17, 15) is 9.59 Å². The number of aryl methyl sites for hydroxylation is 1. The van der Waals surface area contributed by atoms with E-state index in [2.05, 4.69) is 15.6 Å². The Bertz CT molecular complexity index is 785. The van der Waals surface area contributed by atoms with E-state index in [0.717, 1.165) is 29.5 Å². The highest BCUT2D eigenvalue weighted by molar-refractivity contribution is 5.90. The van der Waals surface area contributed by atoms with E-state index in [4.69, 9.17) is 5.73 Å². The molecule has 3 rings (SSSR count). The summed E-state index contributed by atoms with van der Waals surface area (Å²) in [7, 11) is 0. The Hall–Kier alpha value is -2.89. The number of hydrogen-bond donors (Lipinski definition) is 3. The number of carbonyl (C=O) groups excluding carboxylic acids is 2. The number of benzene rings is 1. The standard InChI is InChI=1S/C20H24N4O2/c1-14-6-2-3-7-16(14)17(15-8-12-22-13-9-15)23-19(26)24-20(18(21)25)10-4-5-11-20/h2-3,6-9,12-13,17H,4-5,10-11H2,1H3,(H2,21,25)(H2,23,24,26)/t17-/m0/s1.